The highest BCUT2D eigenvalue weighted by molar-refractivity contribution is 6.05. The number of carbonyl (C=O) groups excluding carboxylic acids is 2. The van der Waals surface area contributed by atoms with Crippen molar-refractivity contribution in [1.82, 2.24) is 10.5 Å². The Labute approximate surface area is 182 Å². The number of benzene rings is 2. The van der Waals surface area contributed by atoms with Crippen molar-refractivity contribution in [3.8, 4) is 17.0 Å². The summed E-state index contributed by atoms with van der Waals surface area (Å²) in [5.74, 6) is 0.866. The van der Waals surface area contributed by atoms with Crippen LogP contribution in [-0.2, 0) is 4.79 Å². The summed E-state index contributed by atoms with van der Waals surface area (Å²) in [6.07, 6.45) is 0.358. The number of amides is 1. The molecule has 0 radical (unpaired) electrons. The van der Waals surface area contributed by atoms with Crippen molar-refractivity contribution < 1.29 is 17.2 Å². The summed E-state index contributed by atoms with van der Waals surface area (Å²) in [6.45, 7) is 3.92. The van der Waals surface area contributed by atoms with Crippen LogP contribution in [-0.4, -0.2) is 16.9 Å². The van der Waals surface area contributed by atoms with E-state index in [0.717, 1.165) is 16.9 Å². The molecule has 4 rings (SSSR count). The highest BCUT2D eigenvalue weighted by atomic mass is 16.5. The molecule has 0 fully saturated rings. The molecule has 0 atom stereocenters. The van der Waals surface area contributed by atoms with E-state index in [1.807, 2.05) is 38.1 Å². The number of anilines is 3. The molecule has 0 aliphatic carbocycles. The molecule has 8 nitrogen and oxygen atoms in total. The van der Waals surface area contributed by atoms with Crippen molar-refractivity contribution in [3.63, 3.8) is 0 Å². The minimum atomic E-state index is -0.273. The molecule has 162 valence electrons. The molecule has 0 saturated carbocycles. The molecule has 0 spiro atoms. The quantitative estimate of drug-likeness (QED) is 0.338. The summed E-state index contributed by atoms with van der Waals surface area (Å²) in [6, 6.07) is 17.8. The Morgan fingerprint density at radius 1 is 1.06 bits per heavy atom. The summed E-state index contributed by atoms with van der Waals surface area (Å²) in [5.41, 5.74) is 12.2. The first-order valence-electron chi connectivity index (χ1n) is 9.98. The normalized spacial score (nSPS) is 12.0. The molecule has 1 aliphatic rings. The van der Waals surface area contributed by atoms with Gasteiger partial charge in [-0.15, -0.1) is 5.53 Å². The van der Waals surface area contributed by atoms with Gasteiger partial charge in [-0.1, -0.05) is 26.0 Å². The van der Waals surface area contributed by atoms with Crippen LogP contribution < -0.4 is 26.4 Å². The van der Waals surface area contributed by atoms with Crippen molar-refractivity contribution in [2.75, 3.05) is 16.2 Å². The van der Waals surface area contributed by atoms with Crippen LogP contribution in [0.5, 0.6) is 5.75 Å². The second-order valence-corrected chi connectivity index (χ2v) is 7.60. The van der Waals surface area contributed by atoms with E-state index in [-0.39, 0.29) is 20.6 Å². The van der Waals surface area contributed by atoms with Crippen LogP contribution in [0, 0.1) is 5.92 Å². The predicted molar refractivity (Wildman–Crippen MR) is 124 cm³/mol. The summed E-state index contributed by atoms with van der Waals surface area (Å²) < 4.78 is 5.29. The van der Waals surface area contributed by atoms with Gasteiger partial charge in [0.1, 0.15) is 5.75 Å². The number of esters is 1. The second kappa shape index (κ2) is 8.85. The van der Waals surface area contributed by atoms with E-state index >= 15 is 0 Å². The van der Waals surface area contributed by atoms with Gasteiger partial charge in [-0.3, -0.25) is 15.0 Å². The minimum absolute atomic E-state index is 0. The summed E-state index contributed by atoms with van der Waals surface area (Å²) in [5, 5.41) is 2.86. The van der Waals surface area contributed by atoms with Crippen LogP contribution in [0.25, 0.3) is 11.3 Å². The largest absolute Gasteiger partial charge is 0.427 e. The van der Waals surface area contributed by atoms with Gasteiger partial charge in [0.25, 0.3) is 5.91 Å². The molecule has 2 aromatic carbocycles. The Hall–Kier alpha value is -3.91. The molecule has 0 unspecified atom stereocenters. The van der Waals surface area contributed by atoms with Gasteiger partial charge < -0.3 is 15.5 Å². The molecule has 31 heavy (non-hydrogen) atoms. The number of aromatic nitrogens is 1. The standard InChI is InChI=1S/C23H23N5O3.2H2/c1-14(2)12-21(29)31-18-8-6-17(7-9-18)24-23(30)16-5-3-4-15(13-16)19-10-11-20-22(25-19)27-28-26-20;;/h3-11,13-14,26,28H,12H2,1-2H3,(H,24,30)(H,25,27);2*1H. The van der Waals surface area contributed by atoms with Gasteiger partial charge >= 0.3 is 5.97 Å². The van der Waals surface area contributed by atoms with Gasteiger partial charge in [-0.05, 0) is 54.4 Å². The van der Waals surface area contributed by atoms with Gasteiger partial charge in [0.2, 0.25) is 0 Å². The zero-order chi connectivity index (χ0) is 21.8. The Morgan fingerprint density at radius 2 is 1.87 bits per heavy atom. The van der Waals surface area contributed by atoms with Gasteiger partial charge in [0.15, 0.2) is 5.82 Å². The van der Waals surface area contributed by atoms with E-state index in [2.05, 4.69) is 26.7 Å². The number of hydrogen-bond acceptors (Lipinski definition) is 7. The van der Waals surface area contributed by atoms with E-state index in [4.69, 9.17) is 4.74 Å². The number of pyridine rings is 1. The lowest BCUT2D eigenvalue weighted by atomic mass is 10.1. The van der Waals surface area contributed by atoms with Crippen molar-refractivity contribution in [2.24, 2.45) is 5.92 Å². The predicted octanol–water partition coefficient (Wildman–Crippen LogP) is 4.70. The van der Waals surface area contributed by atoms with Gasteiger partial charge in [0, 0.05) is 26.1 Å². The topological polar surface area (TPSA) is 104 Å². The molecule has 0 saturated heterocycles. The zero-order valence-electron chi connectivity index (χ0n) is 17.2. The number of rotatable bonds is 6. The van der Waals surface area contributed by atoms with E-state index in [1.54, 1.807) is 36.4 Å². The van der Waals surface area contributed by atoms with Crippen LogP contribution in [0.1, 0.15) is 33.5 Å². The number of hydrazine groups is 2. The smallest absolute Gasteiger partial charge is 0.311 e. The Kier molecular flexibility index (Phi) is 5.81. The monoisotopic (exact) mass is 421 g/mol. The molecular formula is C23H27N5O3. The molecule has 1 aliphatic heterocycles. The number of nitrogens with zero attached hydrogens (tertiary/aromatic N) is 1. The average molecular weight is 422 g/mol. The average Bonchev–Trinajstić information content (AvgIpc) is 3.22. The van der Waals surface area contributed by atoms with E-state index in [1.165, 1.54) is 0 Å². The molecule has 1 aromatic heterocycles. The Morgan fingerprint density at radius 3 is 2.65 bits per heavy atom. The molecule has 4 N–H and O–H groups in total. The zero-order valence-corrected chi connectivity index (χ0v) is 17.2. The Bertz CT molecular complexity index is 1120. The van der Waals surface area contributed by atoms with Crippen LogP contribution in [0.2, 0.25) is 0 Å². The minimum Gasteiger partial charge on any atom is -0.427 e. The van der Waals surface area contributed by atoms with Crippen molar-refractivity contribution in [1.29, 1.82) is 0 Å². The Balaban J connectivity index is 0.00000193. The van der Waals surface area contributed by atoms with Gasteiger partial charge in [0.05, 0.1) is 11.4 Å². The molecule has 1 amide bonds. The second-order valence-electron chi connectivity index (χ2n) is 7.60. The van der Waals surface area contributed by atoms with Crippen LogP contribution in [0.3, 0.4) is 0 Å². The lowest BCUT2D eigenvalue weighted by Gasteiger charge is -2.09. The fourth-order valence-corrected chi connectivity index (χ4v) is 3.11. The fourth-order valence-electron chi connectivity index (χ4n) is 3.11. The SMILES string of the molecule is CC(C)CC(=O)Oc1ccc(NC(=O)c2cccc(-c3ccc4c(n3)NNN4)c2)cc1.[HH].[HH]. The third-order valence-corrected chi connectivity index (χ3v) is 4.61. The number of nitrogens with one attached hydrogen (secondary N) is 4. The van der Waals surface area contributed by atoms with Crippen molar-refractivity contribution in [2.45, 2.75) is 20.3 Å². The number of ether oxygens (including phenoxy) is 1. The maximum atomic E-state index is 12.7. The molecule has 3 aromatic rings. The number of carbonyl (C=O) groups is 2. The third-order valence-electron chi connectivity index (χ3n) is 4.61. The maximum absolute atomic E-state index is 12.7. The van der Waals surface area contributed by atoms with Crippen molar-refractivity contribution in [3.05, 3.63) is 66.2 Å². The summed E-state index contributed by atoms with van der Waals surface area (Å²) in [4.78, 5) is 29.0. The molecule has 0 bridgehead atoms. The van der Waals surface area contributed by atoms with Crippen LogP contribution in [0.4, 0.5) is 17.2 Å². The highest BCUT2D eigenvalue weighted by Crippen LogP contribution is 2.27. The molecule has 2 heterocycles. The third kappa shape index (κ3) is 4.99. The first-order valence-corrected chi connectivity index (χ1v) is 9.98. The number of hydrogen-bond donors (Lipinski definition) is 4. The summed E-state index contributed by atoms with van der Waals surface area (Å²) in [7, 11) is 0. The summed E-state index contributed by atoms with van der Waals surface area (Å²) >= 11 is 0. The van der Waals surface area contributed by atoms with E-state index in [9.17, 15) is 9.59 Å². The van der Waals surface area contributed by atoms with Gasteiger partial charge in [-0.25, -0.2) is 4.98 Å². The molecule has 8 heteroatoms. The van der Waals surface area contributed by atoms with Crippen LogP contribution in [0.15, 0.2) is 60.7 Å². The van der Waals surface area contributed by atoms with E-state index < -0.39 is 0 Å². The maximum Gasteiger partial charge on any atom is 0.311 e. The van der Waals surface area contributed by atoms with Crippen molar-refractivity contribution >= 4 is 29.1 Å². The molecular weight excluding hydrogens is 394 g/mol. The first-order chi connectivity index (χ1) is 15.0. The lowest BCUT2D eigenvalue weighted by molar-refractivity contribution is -0.135. The van der Waals surface area contributed by atoms with Crippen LogP contribution >= 0.6 is 0 Å². The fraction of sp³-hybridized carbons (Fsp3) is 0.174. The first kappa shape index (κ1) is 20.4. The van der Waals surface area contributed by atoms with Gasteiger partial charge in [-0.2, -0.15) is 0 Å². The number of fused-ring (bicyclic) bond motifs is 1. The lowest BCUT2D eigenvalue weighted by Crippen LogP contribution is -2.19. The highest BCUT2D eigenvalue weighted by Gasteiger charge is 2.13. The van der Waals surface area contributed by atoms with E-state index in [0.29, 0.717) is 29.2 Å².